The van der Waals surface area contributed by atoms with Crippen molar-refractivity contribution in [2.45, 2.75) is 39.3 Å². The fraction of sp³-hybridized carbons (Fsp3) is 0.467. The highest BCUT2D eigenvalue weighted by Crippen LogP contribution is 2.25. The Hall–Kier alpha value is -1.84. The number of benzene rings is 1. The Labute approximate surface area is 113 Å². The van der Waals surface area contributed by atoms with Crippen LogP contribution in [0.25, 0.3) is 0 Å². The minimum atomic E-state index is -0.750. The van der Waals surface area contributed by atoms with Crippen molar-refractivity contribution < 1.29 is 9.59 Å². The van der Waals surface area contributed by atoms with Crippen molar-refractivity contribution in [2.75, 3.05) is 6.54 Å². The van der Waals surface area contributed by atoms with Gasteiger partial charge in [-0.1, -0.05) is 36.8 Å². The molecule has 1 fully saturated rings. The van der Waals surface area contributed by atoms with Gasteiger partial charge < -0.3 is 10.2 Å². The van der Waals surface area contributed by atoms with E-state index in [1.165, 1.54) is 5.56 Å². The summed E-state index contributed by atoms with van der Waals surface area (Å²) < 4.78 is 0. The van der Waals surface area contributed by atoms with E-state index < -0.39 is 5.54 Å². The minimum Gasteiger partial charge on any atom is -0.345 e. The van der Waals surface area contributed by atoms with Gasteiger partial charge in [0.15, 0.2) is 0 Å². The van der Waals surface area contributed by atoms with Crippen molar-refractivity contribution in [3.63, 3.8) is 0 Å². The first-order chi connectivity index (χ1) is 8.97. The van der Waals surface area contributed by atoms with Gasteiger partial charge in [0.2, 0.25) is 11.8 Å². The Morgan fingerprint density at radius 2 is 1.89 bits per heavy atom. The van der Waals surface area contributed by atoms with Crippen LogP contribution in [0.1, 0.15) is 31.4 Å². The molecule has 1 aliphatic heterocycles. The Balaban J connectivity index is 2.26. The second kappa shape index (κ2) is 5.03. The van der Waals surface area contributed by atoms with Crippen LogP contribution in [0, 0.1) is 6.92 Å². The van der Waals surface area contributed by atoms with Crippen molar-refractivity contribution >= 4 is 11.8 Å². The molecule has 0 aliphatic carbocycles. The highest BCUT2D eigenvalue weighted by Gasteiger charge is 2.43. The van der Waals surface area contributed by atoms with Crippen LogP contribution in [0.5, 0.6) is 0 Å². The van der Waals surface area contributed by atoms with E-state index >= 15 is 0 Å². The van der Waals surface area contributed by atoms with Gasteiger partial charge in [-0.3, -0.25) is 9.59 Å². The molecule has 1 unspecified atom stereocenters. The van der Waals surface area contributed by atoms with Gasteiger partial charge in [-0.2, -0.15) is 0 Å². The van der Waals surface area contributed by atoms with Crippen LogP contribution in [-0.2, 0) is 16.1 Å². The first-order valence-corrected chi connectivity index (χ1v) is 6.61. The van der Waals surface area contributed by atoms with Gasteiger partial charge in [-0.15, -0.1) is 0 Å². The predicted octanol–water partition coefficient (Wildman–Crippen LogP) is 1.62. The molecule has 0 spiro atoms. The maximum Gasteiger partial charge on any atom is 0.246 e. The molecule has 102 valence electrons. The van der Waals surface area contributed by atoms with Crippen molar-refractivity contribution in [2.24, 2.45) is 0 Å². The molecule has 1 N–H and O–H groups in total. The lowest BCUT2D eigenvalue weighted by Gasteiger charge is -2.43. The number of amides is 2. The molecule has 2 amide bonds. The lowest BCUT2D eigenvalue weighted by atomic mass is 9.92. The molecule has 1 aliphatic rings. The molecule has 1 aromatic carbocycles. The molecular weight excluding hydrogens is 240 g/mol. The van der Waals surface area contributed by atoms with Gasteiger partial charge in [0.25, 0.3) is 0 Å². The molecule has 1 atom stereocenters. The third-order valence-electron chi connectivity index (χ3n) is 3.94. The number of rotatable bonds is 3. The second-order valence-electron chi connectivity index (χ2n) is 5.28. The first-order valence-electron chi connectivity index (χ1n) is 6.61. The number of carbonyl (C=O) groups excluding carboxylic acids is 2. The largest absolute Gasteiger partial charge is 0.345 e. The Morgan fingerprint density at radius 1 is 1.26 bits per heavy atom. The zero-order valence-electron chi connectivity index (χ0n) is 11.7. The smallest absolute Gasteiger partial charge is 0.246 e. The van der Waals surface area contributed by atoms with E-state index in [1.807, 2.05) is 45.0 Å². The fourth-order valence-electron chi connectivity index (χ4n) is 2.33. The van der Waals surface area contributed by atoms with E-state index in [1.54, 1.807) is 4.90 Å². The summed E-state index contributed by atoms with van der Waals surface area (Å²) in [6.45, 7) is 6.37. The van der Waals surface area contributed by atoms with E-state index in [9.17, 15) is 9.59 Å². The van der Waals surface area contributed by atoms with E-state index in [-0.39, 0.29) is 18.4 Å². The Morgan fingerprint density at radius 3 is 2.47 bits per heavy atom. The highest BCUT2D eigenvalue weighted by molar-refractivity contribution is 5.97. The normalized spacial score (nSPS) is 23.4. The molecule has 2 rings (SSSR count). The molecule has 0 aromatic heterocycles. The average molecular weight is 260 g/mol. The predicted molar refractivity (Wildman–Crippen MR) is 73.4 cm³/mol. The zero-order valence-corrected chi connectivity index (χ0v) is 11.7. The van der Waals surface area contributed by atoms with E-state index in [0.29, 0.717) is 13.0 Å². The summed E-state index contributed by atoms with van der Waals surface area (Å²) in [6.07, 6.45) is 0.608. The summed E-state index contributed by atoms with van der Waals surface area (Å²) in [7, 11) is 0. The number of carbonyl (C=O) groups is 2. The summed E-state index contributed by atoms with van der Waals surface area (Å²) in [6, 6.07) is 8.05. The van der Waals surface area contributed by atoms with Crippen molar-refractivity contribution in [3.05, 3.63) is 35.4 Å². The molecule has 0 radical (unpaired) electrons. The van der Waals surface area contributed by atoms with Crippen LogP contribution in [0.4, 0.5) is 0 Å². The molecule has 19 heavy (non-hydrogen) atoms. The van der Waals surface area contributed by atoms with Crippen LogP contribution < -0.4 is 5.32 Å². The number of hydrogen-bond acceptors (Lipinski definition) is 2. The van der Waals surface area contributed by atoms with Crippen molar-refractivity contribution in [1.29, 1.82) is 0 Å². The Kier molecular flexibility index (Phi) is 3.60. The van der Waals surface area contributed by atoms with Gasteiger partial charge in [-0.05, 0) is 25.8 Å². The monoisotopic (exact) mass is 260 g/mol. The van der Waals surface area contributed by atoms with E-state index in [2.05, 4.69) is 5.32 Å². The summed E-state index contributed by atoms with van der Waals surface area (Å²) in [5.74, 6) is -0.0914. The molecular formula is C15H20N2O2. The van der Waals surface area contributed by atoms with Gasteiger partial charge in [0, 0.05) is 6.54 Å². The molecule has 1 heterocycles. The summed E-state index contributed by atoms with van der Waals surface area (Å²) in [5.41, 5.74) is 1.48. The fourth-order valence-corrected chi connectivity index (χ4v) is 2.33. The van der Waals surface area contributed by atoms with Crippen LogP contribution in [0.2, 0.25) is 0 Å². The summed E-state index contributed by atoms with van der Waals surface area (Å²) in [5, 5.41) is 2.67. The van der Waals surface area contributed by atoms with Crippen LogP contribution in [0.15, 0.2) is 24.3 Å². The summed E-state index contributed by atoms with van der Waals surface area (Å²) in [4.78, 5) is 25.8. The first kappa shape index (κ1) is 13.6. The molecule has 1 saturated heterocycles. The number of piperazine rings is 1. The minimum absolute atomic E-state index is 0.0236. The number of hydrogen-bond donors (Lipinski definition) is 1. The number of nitrogens with one attached hydrogen (secondary N) is 1. The average Bonchev–Trinajstić information content (AvgIpc) is 2.41. The molecule has 4 heteroatoms. The van der Waals surface area contributed by atoms with Crippen LogP contribution >= 0.6 is 0 Å². The number of aryl methyl sites for hydroxylation is 1. The van der Waals surface area contributed by atoms with E-state index in [4.69, 9.17) is 0 Å². The number of nitrogens with zero attached hydrogens (tertiary/aromatic N) is 1. The quantitative estimate of drug-likeness (QED) is 0.898. The van der Waals surface area contributed by atoms with Crippen molar-refractivity contribution in [1.82, 2.24) is 10.2 Å². The maximum atomic E-state index is 12.1. The Bertz CT molecular complexity index is 495. The molecule has 0 bridgehead atoms. The van der Waals surface area contributed by atoms with E-state index in [0.717, 1.165) is 5.56 Å². The van der Waals surface area contributed by atoms with Crippen LogP contribution in [-0.4, -0.2) is 28.8 Å². The van der Waals surface area contributed by atoms with Crippen molar-refractivity contribution in [3.8, 4) is 0 Å². The molecule has 4 nitrogen and oxygen atoms in total. The highest BCUT2D eigenvalue weighted by atomic mass is 16.2. The van der Waals surface area contributed by atoms with Gasteiger partial charge in [0.1, 0.15) is 5.54 Å². The topological polar surface area (TPSA) is 49.4 Å². The maximum absolute atomic E-state index is 12.1. The lowest BCUT2D eigenvalue weighted by molar-refractivity contribution is -0.153. The standard InChI is InChI=1S/C15H20N2O2/c1-4-15(3)14(19)16-9-13(18)17(15)10-12-7-5-11(2)6-8-12/h5-8H,4,9-10H2,1-3H3,(H,16,19). The lowest BCUT2D eigenvalue weighted by Crippen LogP contribution is -2.65. The van der Waals surface area contributed by atoms with Gasteiger partial charge in [-0.25, -0.2) is 0 Å². The SMILES string of the molecule is CCC1(C)C(=O)NCC(=O)N1Cc1ccc(C)cc1. The zero-order chi connectivity index (χ0) is 14.0. The second-order valence-corrected chi connectivity index (χ2v) is 5.28. The molecule has 0 saturated carbocycles. The van der Waals surface area contributed by atoms with Crippen LogP contribution in [0.3, 0.4) is 0 Å². The third-order valence-corrected chi connectivity index (χ3v) is 3.94. The van der Waals surface area contributed by atoms with Gasteiger partial charge >= 0.3 is 0 Å². The molecule has 1 aromatic rings. The van der Waals surface area contributed by atoms with Gasteiger partial charge in [0.05, 0.1) is 6.54 Å². The summed E-state index contributed by atoms with van der Waals surface area (Å²) >= 11 is 0. The third kappa shape index (κ3) is 2.48.